The lowest BCUT2D eigenvalue weighted by atomic mass is 9.82. The van der Waals surface area contributed by atoms with Crippen LogP contribution in [0.1, 0.15) is 32.6 Å². The Morgan fingerprint density at radius 2 is 1.65 bits per heavy atom. The Hall–Kier alpha value is -3.42. The second-order valence-corrected chi connectivity index (χ2v) is 8.35. The summed E-state index contributed by atoms with van der Waals surface area (Å²) in [5.41, 5.74) is 8.18. The summed E-state index contributed by atoms with van der Waals surface area (Å²) in [7, 11) is 0. The summed E-state index contributed by atoms with van der Waals surface area (Å²) >= 11 is 0. The van der Waals surface area contributed by atoms with Crippen molar-refractivity contribution in [1.29, 1.82) is 5.26 Å². The molecular formula is C27H25N3O. The monoisotopic (exact) mass is 407 g/mol. The number of aldehydes is 1. The maximum absolute atomic E-state index is 11.9. The van der Waals surface area contributed by atoms with E-state index in [2.05, 4.69) is 64.4 Å². The molecule has 0 aromatic heterocycles. The molecule has 3 aromatic carbocycles. The fourth-order valence-corrected chi connectivity index (χ4v) is 5.01. The fourth-order valence-electron chi connectivity index (χ4n) is 5.01. The number of carbonyl (C=O) groups excluding carboxylic acids is 1. The van der Waals surface area contributed by atoms with Crippen LogP contribution in [0.2, 0.25) is 0 Å². The van der Waals surface area contributed by atoms with Gasteiger partial charge in [-0.15, -0.1) is 0 Å². The van der Waals surface area contributed by atoms with E-state index in [0.29, 0.717) is 11.1 Å². The first-order valence-corrected chi connectivity index (χ1v) is 10.9. The standard InChI is InChI=1S/C27H25N3O/c28-17-26-22(19-31)16-25-23-9-5-4-8-21(23)10-11-24(25)27(26)30-14-12-29(13-15-30)18-20-6-2-1-3-7-20/h1-9,16,19H,10-15,18H2. The molecule has 1 aliphatic carbocycles. The van der Waals surface area contributed by atoms with Crippen LogP contribution in [-0.4, -0.2) is 37.4 Å². The zero-order chi connectivity index (χ0) is 21.2. The molecule has 154 valence electrons. The molecule has 3 aromatic rings. The Morgan fingerprint density at radius 1 is 0.903 bits per heavy atom. The number of carbonyl (C=O) groups is 1. The van der Waals surface area contributed by atoms with Crippen molar-refractivity contribution in [3.8, 4) is 17.2 Å². The van der Waals surface area contributed by atoms with Crippen molar-refractivity contribution in [3.63, 3.8) is 0 Å². The van der Waals surface area contributed by atoms with Gasteiger partial charge in [0.05, 0.1) is 11.3 Å². The van der Waals surface area contributed by atoms with Crippen molar-refractivity contribution in [2.45, 2.75) is 19.4 Å². The molecule has 1 heterocycles. The summed E-state index contributed by atoms with van der Waals surface area (Å²) in [5.74, 6) is 0. The molecule has 31 heavy (non-hydrogen) atoms. The molecule has 2 aliphatic rings. The molecule has 0 unspecified atom stereocenters. The van der Waals surface area contributed by atoms with Gasteiger partial charge in [-0.3, -0.25) is 9.69 Å². The molecule has 0 radical (unpaired) electrons. The SMILES string of the molecule is N#Cc1c(C=O)cc2c(c1N1CCN(Cc3ccccc3)CC1)CCc1ccccc1-2. The quantitative estimate of drug-likeness (QED) is 0.599. The number of anilines is 1. The predicted molar refractivity (Wildman–Crippen MR) is 123 cm³/mol. The van der Waals surface area contributed by atoms with E-state index in [9.17, 15) is 10.1 Å². The van der Waals surface area contributed by atoms with Gasteiger partial charge in [-0.25, -0.2) is 0 Å². The Kier molecular flexibility index (Phi) is 5.28. The van der Waals surface area contributed by atoms with Crippen LogP contribution in [0, 0.1) is 11.3 Å². The van der Waals surface area contributed by atoms with Crippen LogP contribution in [0.25, 0.3) is 11.1 Å². The van der Waals surface area contributed by atoms with E-state index < -0.39 is 0 Å². The third-order valence-corrected chi connectivity index (χ3v) is 6.56. The minimum absolute atomic E-state index is 0.500. The van der Waals surface area contributed by atoms with Crippen molar-refractivity contribution in [2.75, 3.05) is 31.1 Å². The number of rotatable bonds is 4. The number of piperazine rings is 1. The largest absolute Gasteiger partial charge is 0.368 e. The van der Waals surface area contributed by atoms with Gasteiger partial charge in [0, 0.05) is 38.3 Å². The van der Waals surface area contributed by atoms with Crippen LogP contribution in [0.5, 0.6) is 0 Å². The average molecular weight is 408 g/mol. The molecule has 0 bridgehead atoms. The van der Waals surface area contributed by atoms with Crippen molar-refractivity contribution < 1.29 is 4.79 Å². The second kappa shape index (κ2) is 8.37. The summed E-state index contributed by atoms with van der Waals surface area (Å²) in [4.78, 5) is 16.7. The number of fused-ring (bicyclic) bond motifs is 3. The highest BCUT2D eigenvalue weighted by molar-refractivity contribution is 5.91. The zero-order valence-electron chi connectivity index (χ0n) is 17.6. The van der Waals surface area contributed by atoms with Crippen molar-refractivity contribution >= 4 is 12.0 Å². The third-order valence-electron chi connectivity index (χ3n) is 6.56. The third kappa shape index (κ3) is 3.62. The van der Waals surface area contributed by atoms with E-state index in [1.54, 1.807) is 0 Å². The summed E-state index contributed by atoms with van der Waals surface area (Å²) in [6, 6.07) is 23.2. The molecule has 1 aliphatic heterocycles. The lowest BCUT2D eigenvalue weighted by Crippen LogP contribution is -2.46. The van der Waals surface area contributed by atoms with Gasteiger partial charge in [0.1, 0.15) is 6.07 Å². The molecule has 5 rings (SSSR count). The minimum atomic E-state index is 0.500. The van der Waals surface area contributed by atoms with Crippen LogP contribution >= 0.6 is 0 Å². The van der Waals surface area contributed by atoms with Crippen LogP contribution in [0.3, 0.4) is 0 Å². The summed E-state index contributed by atoms with van der Waals surface area (Å²) in [5, 5.41) is 9.96. The molecule has 0 amide bonds. The lowest BCUT2D eigenvalue weighted by Gasteiger charge is -2.38. The molecule has 4 heteroatoms. The predicted octanol–water partition coefficient (Wildman–Crippen LogP) is 4.46. The van der Waals surface area contributed by atoms with E-state index >= 15 is 0 Å². The zero-order valence-corrected chi connectivity index (χ0v) is 17.6. The van der Waals surface area contributed by atoms with E-state index in [0.717, 1.165) is 63.1 Å². The van der Waals surface area contributed by atoms with Crippen molar-refractivity contribution in [2.24, 2.45) is 0 Å². The maximum atomic E-state index is 11.9. The van der Waals surface area contributed by atoms with E-state index in [4.69, 9.17) is 0 Å². The van der Waals surface area contributed by atoms with Gasteiger partial charge in [-0.05, 0) is 46.7 Å². The molecular weight excluding hydrogens is 382 g/mol. The van der Waals surface area contributed by atoms with Gasteiger partial charge in [-0.1, -0.05) is 54.6 Å². The number of nitriles is 1. The number of nitrogens with zero attached hydrogens (tertiary/aromatic N) is 3. The van der Waals surface area contributed by atoms with E-state index in [1.807, 2.05) is 12.1 Å². The van der Waals surface area contributed by atoms with Gasteiger partial charge < -0.3 is 4.90 Å². The topological polar surface area (TPSA) is 47.3 Å². The highest BCUT2D eigenvalue weighted by Gasteiger charge is 2.28. The van der Waals surface area contributed by atoms with Gasteiger partial charge in [-0.2, -0.15) is 5.26 Å². The molecule has 0 atom stereocenters. The summed E-state index contributed by atoms with van der Waals surface area (Å²) in [6.07, 6.45) is 2.71. The Labute approximate surface area is 183 Å². The van der Waals surface area contributed by atoms with Crippen LogP contribution in [-0.2, 0) is 19.4 Å². The number of benzene rings is 3. The van der Waals surface area contributed by atoms with Gasteiger partial charge >= 0.3 is 0 Å². The van der Waals surface area contributed by atoms with Crippen LogP contribution < -0.4 is 4.90 Å². The molecule has 4 nitrogen and oxygen atoms in total. The first kappa shape index (κ1) is 19.5. The molecule has 0 N–H and O–H groups in total. The molecule has 1 fully saturated rings. The average Bonchev–Trinajstić information content (AvgIpc) is 2.83. The maximum Gasteiger partial charge on any atom is 0.151 e. The van der Waals surface area contributed by atoms with Gasteiger partial charge in [0.2, 0.25) is 0 Å². The highest BCUT2D eigenvalue weighted by atomic mass is 16.1. The molecule has 1 saturated heterocycles. The van der Waals surface area contributed by atoms with Crippen molar-refractivity contribution in [3.05, 3.63) is 88.5 Å². The number of aryl methyl sites for hydroxylation is 1. The smallest absolute Gasteiger partial charge is 0.151 e. The Balaban J connectivity index is 1.48. The Bertz CT molecular complexity index is 1160. The second-order valence-electron chi connectivity index (χ2n) is 8.35. The summed E-state index contributed by atoms with van der Waals surface area (Å²) in [6.45, 7) is 4.54. The normalized spacial score (nSPS) is 15.6. The first-order valence-electron chi connectivity index (χ1n) is 10.9. The minimum Gasteiger partial charge on any atom is -0.368 e. The van der Waals surface area contributed by atoms with E-state index in [1.165, 1.54) is 22.3 Å². The first-order chi connectivity index (χ1) is 15.3. The number of hydrogen-bond donors (Lipinski definition) is 0. The fraction of sp³-hybridized carbons (Fsp3) is 0.259. The van der Waals surface area contributed by atoms with Gasteiger partial charge in [0.25, 0.3) is 0 Å². The number of hydrogen-bond acceptors (Lipinski definition) is 4. The van der Waals surface area contributed by atoms with Gasteiger partial charge in [0.15, 0.2) is 6.29 Å². The van der Waals surface area contributed by atoms with E-state index in [-0.39, 0.29) is 0 Å². The Morgan fingerprint density at radius 3 is 2.39 bits per heavy atom. The summed E-state index contributed by atoms with van der Waals surface area (Å²) < 4.78 is 0. The molecule has 0 saturated carbocycles. The van der Waals surface area contributed by atoms with Crippen LogP contribution in [0.15, 0.2) is 60.7 Å². The lowest BCUT2D eigenvalue weighted by molar-refractivity contribution is 0.112. The molecule has 0 spiro atoms. The van der Waals surface area contributed by atoms with Crippen molar-refractivity contribution in [1.82, 2.24) is 4.90 Å². The highest BCUT2D eigenvalue weighted by Crippen LogP contribution is 2.41. The van der Waals surface area contributed by atoms with Crippen LogP contribution in [0.4, 0.5) is 5.69 Å².